The lowest BCUT2D eigenvalue weighted by Gasteiger charge is -2.35. The zero-order valence-electron chi connectivity index (χ0n) is 14.8. The number of pyridine rings is 1. The maximum Gasteiger partial charge on any atom is 0.103 e. The summed E-state index contributed by atoms with van der Waals surface area (Å²) in [5.74, 6) is 0. The zero-order valence-corrected chi connectivity index (χ0v) is 14.8. The summed E-state index contributed by atoms with van der Waals surface area (Å²) in [7, 11) is 0. The van der Waals surface area contributed by atoms with E-state index in [9.17, 15) is 5.26 Å². The molecule has 5 nitrogen and oxygen atoms in total. The maximum atomic E-state index is 9.46. The number of benzene rings is 1. The van der Waals surface area contributed by atoms with Crippen molar-refractivity contribution in [2.24, 2.45) is 0 Å². The summed E-state index contributed by atoms with van der Waals surface area (Å²) in [5, 5.41) is 13.0. The van der Waals surface area contributed by atoms with Crippen molar-refractivity contribution < 1.29 is 4.74 Å². The highest BCUT2D eigenvalue weighted by Crippen LogP contribution is 2.24. The Hall–Kier alpha value is -2.42. The Bertz CT molecular complexity index is 748. The first-order valence-electron chi connectivity index (χ1n) is 8.68. The number of rotatable bonds is 5. The van der Waals surface area contributed by atoms with Gasteiger partial charge in [0, 0.05) is 25.3 Å². The molecule has 0 saturated carbocycles. The maximum absolute atomic E-state index is 9.46. The van der Waals surface area contributed by atoms with Crippen molar-refractivity contribution in [1.29, 1.82) is 5.26 Å². The Balaban J connectivity index is 1.83. The zero-order chi connectivity index (χ0) is 17.6. The van der Waals surface area contributed by atoms with Gasteiger partial charge >= 0.3 is 0 Å². The third-order valence-corrected chi connectivity index (χ3v) is 4.60. The lowest BCUT2D eigenvalue weighted by atomic mass is 10.0. The Morgan fingerprint density at radius 2 is 1.96 bits per heavy atom. The molecule has 3 rings (SSSR count). The fourth-order valence-electron chi connectivity index (χ4n) is 3.34. The molecule has 1 unspecified atom stereocenters. The number of aryl methyl sites for hydroxylation is 2. The summed E-state index contributed by atoms with van der Waals surface area (Å²) in [4.78, 5) is 6.83. The summed E-state index contributed by atoms with van der Waals surface area (Å²) < 4.78 is 5.50. The van der Waals surface area contributed by atoms with Gasteiger partial charge in [0.15, 0.2) is 0 Å². The van der Waals surface area contributed by atoms with E-state index in [1.165, 1.54) is 5.56 Å². The van der Waals surface area contributed by atoms with E-state index >= 15 is 0 Å². The van der Waals surface area contributed by atoms with Crippen LogP contribution in [-0.2, 0) is 4.74 Å². The van der Waals surface area contributed by atoms with Crippen LogP contribution >= 0.6 is 0 Å². The van der Waals surface area contributed by atoms with Gasteiger partial charge in [-0.2, -0.15) is 5.26 Å². The summed E-state index contributed by atoms with van der Waals surface area (Å²) in [6, 6.07) is 15.0. The molecule has 25 heavy (non-hydrogen) atoms. The van der Waals surface area contributed by atoms with Crippen molar-refractivity contribution in [2.45, 2.75) is 19.9 Å². The van der Waals surface area contributed by atoms with Gasteiger partial charge in [-0.15, -0.1) is 0 Å². The van der Waals surface area contributed by atoms with Crippen LogP contribution in [0, 0.1) is 25.2 Å². The molecular weight excluding hydrogens is 312 g/mol. The first-order chi connectivity index (χ1) is 12.2. The average molecular weight is 336 g/mol. The molecule has 0 radical (unpaired) electrons. The number of morpholine rings is 1. The van der Waals surface area contributed by atoms with Gasteiger partial charge in [-0.25, -0.2) is 0 Å². The van der Waals surface area contributed by atoms with Crippen LogP contribution in [0.1, 0.15) is 28.6 Å². The molecule has 1 aromatic carbocycles. The standard InChI is InChI=1S/C20H24N4O/c1-15-12-19(18(13-21)16(2)23-15)22-14-20(17-6-4-3-5-7-17)24-8-10-25-11-9-24/h3-7,12,20H,8-11,14H2,1-2H3,(H,22,23). The van der Waals surface area contributed by atoms with Crippen LogP contribution in [0.4, 0.5) is 5.69 Å². The highest BCUT2D eigenvalue weighted by Gasteiger charge is 2.23. The molecule has 0 spiro atoms. The summed E-state index contributed by atoms with van der Waals surface area (Å²) >= 11 is 0. The molecular formula is C20H24N4O. The lowest BCUT2D eigenvalue weighted by molar-refractivity contribution is 0.0187. The lowest BCUT2D eigenvalue weighted by Crippen LogP contribution is -2.41. The minimum Gasteiger partial charge on any atom is -0.382 e. The normalized spacial score (nSPS) is 16.2. The van der Waals surface area contributed by atoms with Crippen molar-refractivity contribution >= 4 is 5.69 Å². The quantitative estimate of drug-likeness (QED) is 0.909. The molecule has 1 aliphatic rings. The summed E-state index contributed by atoms with van der Waals surface area (Å²) in [5.41, 5.74) is 4.45. The molecule has 0 bridgehead atoms. The first-order valence-corrected chi connectivity index (χ1v) is 8.68. The topological polar surface area (TPSA) is 61.2 Å². The molecule has 5 heteroatoms. The SMILES string of the molecule is Cc1cc(NCC(c2ccccc2)N2CCOCC2)c(C#N)c(C)n1. The van der Waals surface area contributed by atoms with E-state index in [0.29, 0.717) is 5.56 Å². The Labute approximate surface area is 149 Å². The fraction of sp³-hybridized carbons (Fsp3) is 0.400. The van der Waals surface area contributed by atoms with Gasteiger partial charge in [0.2, 0.25) is 0 Å². The molecule has 130 valence electrons. The first kappa shape index (κ1) is 17.4. The molecule has 1 N–H and O–H groups in total. The Morgan fingerprint density at radius 3 is 2.64 bits per heavy atom. The number of hydrogen-bond donors (Lipinski definition) is 1. The van der Waals surface area contributed by atoms with Gasteiger partial charge in [-0.3, -0.25) is 9.88 Å². The van der Waals surface area contributed by atoms with E-state index < -0.39 is 0 Å². The van der Waals surface area contributed by atoms with Crippen molar-refractivity contribution in [2.75, 3.05) is 38.2 Å². The Kier molecular flexibility index (Phi) is 5.64. The van der Waals surface area contributed by atoms with Gasteiger partial charge in [0.05, 0.1) is 36.2 Å². The van der Waals surface area contributed by atoms with E-state index in [1.54, 1.807) is 0 Å². The second-order valence-electron chi connectivity index (χ2n) is 6.34. The molecule has 1 fully saturated rings. The van der Waals surface area contributed by atoms with Crippen LogP contribution in [0.2, 0.25) is 0 Å². The predicted molar refractivity (Wildman–Crippen MR) is 98.5 cm³/mol. The van der Waals surface area contributed by atoms with Crippen LogP contribution in [0.15, 0.2) is 36.4 Å². The monoisotopic (exact) mass is 336 g/mol. The van der Waals surface area contributed by atoms with E-state index in [0.717, 1.165) is 49.9 Å². The van der Waals surface area contributed by atoms with Crippen LogP contribution < -0.4 is 5.32 Å². The van der Waals surface area contributed by atoms with E-state index in [4.69, 9.17) is 4.74 Å². The van der Waals surface area contributed by atoms with Gasteiger partial charge < -0.3 is 10.1 Å². The smallest absolute Gasteiger partial charge is 0.103 e. The predicted octanol–water partition coefficient (Wildman–Crippen LogP) is 3.06. The molecule has 0 amide bonds. The molecule has 1 aromatic heterocycles. The fourth-order valence-corrected chi connectivity index (χ4v) is 3.34. The van der Waals surface area contributed by atoms with Crippen LogP contribution in [0.5, 0.6) is 0 Å². The molecule has 1 saturated heterocycles. The number of nitrogens with zero attached hydrogens (tertiary/aromatic N) is 3. The van der Waals surface area contributed by atoms with Gasteiger partial charge in [0.25, 0.3) is 0 Å². The summed E-state index contributed by atoms with van der Waals surface area (Å²) in [6.07, 6.45) is 0. The number of anilines is 1. The number of hydrogen-bond acceptors (Lipinski definition) is 5. The highest BCUT2D eigenvalue weighted by atomic mass is 16.5. The van der Waals surface area contributed by atoms with Crippen molar-refractivity contribution in [3.05, 3.63) is 58.9 Å². The Morgan fingerprint density at radius 1 is 1.24 bits per heavy atom. The average Bonchev–Trinajstić information content (AvgIpc) is 2.63. The number of aromatic nitrogens is 1. The minimum absolute atomic E-state index is 0.241. The van der Waals surface area contributed by atoms with Crippen LogP contribution in [-0.4, -0.2) is 42.7 Å². The molecule has 1 aliphatic heterocycles. The van der Waals surface area contributed by atoms with Gasteiger partial charge in [0.1, 0.15) is 6.07 Å². The summed E-state index contributed by atoms with van der Waals surface area (Å²) in [6.45, 7) is 7.94. The molecule has 2 heterocycles. The second kappa shape index (κ2) is 8.11. The van der Waals surface area contributed by atoms with Crippen molar-refractivity contribution in [3.63, 3.8) is 0 Å². The van der Waals surface area contributed by atoms with Crippen LogP contribution in [0.25, 0.3) is 0 Å². The van der Waals surface area contributed by atoms with Gasteiger partial charge in [-0.05, 0) is 25.5 Å². The third kappa shape index (κ3) is 4.16. The number of nitriles is 1. The largest absolute Gasteiger partial charge is 0.382 e. The van der Waals surface area contributed by atoms with E-state index in [2.05, 4.69) is 45.5 Å². The van der Waals surface area contributed by atoms with Crippen molar-refractivity contribution in [3.8, 4) is 6.07 Å². The second-order valence-corrected chi connectivity index (χ2v) is 6.34. The number of nitrogens with one attached hydrogen (secondary N) is 1. The molecule has 2 aromatic rings. The minimum atomic E-state index is 0.241. The van der Waals surface area contributed by atoms with Gasteiger partial charge in [-0.1, -0.05) is 30.3 Å². The van der Waals surface area contributed by atoms with Crippen molar-refractivity contribution in [1.82, 2.24) is 9.88 Å². The van der Waals surface area contributed by atoms with Crippen LogP contribution in [0.3, 0.4) is 0 Å². The van der Waals surface area contributed by atoms with E-state index in [1.807, 2.05) is 26.0 Å². The molecule has 0 aliphatic carbocycles. The highest BCUT2D eigenvalue weighted by molar-refractivity contribution is 5.60. The third-order valence-electron chi connectivity index (χ3n) is 4.60. The number of ether oxygens (including phenoxy) is 1. The molecule has 1 atom stereocenters. The van der Waals surface area contributed by atoms with E-state index in [-0.39, 0.29) is 6.04 Å².